The first-order chi connectivity index (χ1) is 14.0. The van der Waals surface area contributed by atoms with Crippen LogP contribution in [0.5, 0.6) is 0 Å². The molecule has 1 aromatic carbocycles. The fourth-order valence-electron chi connectivity index (χ4n) is 2.78. The Morgan fingerprint density at radius 3 is 2.23 bits per heavy atom. The van der Waals surface area contributed by atoms with Crippen molar-refractivity contribution >= 4 is 36.1 Å². The van der Waals surface area contributed by atoms with Crippen LogP contribution in [0.15, 0.2) is 73.4 Å². The molecule has 0 amide bonds. The molecule has 162 valence electrons. The Labute approximate surface area is 179 Å². The van der Waals surface area contributed by atoms with E-state index in [-0.39, 0.29) is 24.2 Å². The summed E-state index contributed by atoms with van der Waals surface area (Å²) in [5.74, 6) is -0.439. The Morgan fingerprint density at radius 1 is 1.03 bits per heavy atom. The molecule has 0 aliphatic heterocycles. The third-order valence-corrected chi connectivity index (χ3v) is 11.9. The average Bonchev–Trinajstić information content (AvgIpc) is 3.22. The third kappa shape index (κ3) is 4.70. The monoisotopic (exact) mass is 554 g/mol. The predicted octanol–water partition coefficient (Wildman–Crippen LogP) is 6.00. The van der Waals surface area contributed by atoms with Crippen LogP contribution in [-0.2, 0) is 12.6 Å². The number of Topliss-reactive ketones (excluding diaryl/α,β-unsaturated/α-hetero) is 1. The Hall–Kier alpha value is -1.92. The van der Waals surface area contributed by atoms with Gasteiger partial charge in [-0.25, -0.2) is 0 Å². The van der Waals surface area contributed by atoms with E-state index in [2.05, 4.69) is 0 Å². The zero-order valence-corrected chi connectivity index (χ0v) is 19.0. The van der Waals surface area contributed by atoms with E-state index in [0.29, 0.717) is 7.15 Å². The molecule has 0 bridgehead atoms. The summed E-state index contributed by atoms with van der Waals surface area (Å²) in [6, 6.07) is 10.9. The molecule has 0 spiro atoms. The van der Waals surface area contributed by atoms with Crippen molar-refractivity contribution in [2.24, 2.45) is 0 Å². The summed E-state index contributed by atoms with van der Waals surface area (Å²) in [5, 5.41) is 0. The Bertz CT molecular complexity index is 1100. The number of carbonyl (C=O) groups excluding carboxylic acids is 1. The van der Waals surface area contributed by atoms with Gasteiger partial charge in [0.1, 0.15) is 0 Å². The van der Waals surface area contributed by atoms with Gasteiger partial charge in [0.2, 0.25) is 0 Å². The van der Waals surface area contributed by atoms with Crippen LogP contribution in [0.3, 0.4) is 0 Å². The number of ketones is 1. The molecule has 30 heavy (non-hydrogen) atoms. The number of rotatable bonds is 6. The summed E-state index contributed by atoms with van der Waals surface area (Å²) in [5.41, 5.74) is -3.55. The normalized spacial score (nSPS) is 16.1. The van der Waals surface area contributed by atoms with Crippen LogP contribution >= 0.6 is 20.2 Å². The van der Waals surface area contributed by atoms with Crippen molar-refractivity contribution in [2.45, 2.75) is 32.2 Å². The van der Waals surface area contributed by atoms with Gasteiger partial charge in [0.05, 0.1) is 0 Å². The molecule has 0 unspecified atom stereocenters. The molecule has 2 aromatic rings. The number of benzene rings is 1. The van der Waals surface area contributed by atoms with Gasteiger partial charge in [-0.1, -0.05) is 0 Å². The fourth-order valence-corrected chi connectivity index (χ4v) is 10.2. The van der Waals surface area contributed by atoms with Crippen molar-refractivity contribution in [1.29, 1.82) is 0 Å². The molecule has 0 atom stereocenters. The van der Waals surface area contributed by atoms with Crippen molar-refractivity contribution in [3.63, 3.8) is 0 Å². The number of allylic oxidation sites excluding steroid dienone is 4. The van der Waals surface area contributed by atoms with Crippen molar-refractivity contribution in [3.8, 4) is 0 Å². The number of hydrogen-bond acceptors (Lipinski definition) is 5. The second kappa shape index (κ2) is 8.67. The quantitative estimate of drug-likeness (QED) is 0.190. The van der Waals surface area contributed by atoms with E-state index < -0.39 is 41.6 Å². The summed E-state index contributed by atoms with van der Waals surface area (Å²) in [6.45, 7) is 3.64. The molecule has 1 aliphatic rings. The number of carbonyl (C=O) groups is 1. The molecule has 1 heterocycles. The second-order valence-electron chi connectivity index (χ2n) is 6.61. The van der Waals surface area contributed by atoms with Crippen LogP contribution in [0.4, 0.5) is 13.2 Å². The molecule has 1 aliphatic carbocycles. The number of halogens is 4. The van der Waals surface area contributed by atoms with Gasteiger partial charge < -0.3 is 0 Å². The number of furan rings is 1. The SMILES string of the molecule is CC1=C(C)CC(I(OS(=O)(=O)C(F)(F)F)c2ccccc2)=C(C(=O)c2ccco2)C1. The van der Waals surface area contributed by atoms with Crippen LogP contribution in [0.2, 0.25) is 0 Å². The molecule has 0 N–H and O–H groups in total. The molecule has 10 heteroatoms. The molecule has 1 aromatic heterocycles. The molecule has 0 saturated carbocycles. The van der Waals surface area contributed by atoms with Crippen molar-refractivity contribution < 1.29 is 33.3 Å². The molecule has 0 saturated heterocycles. The number of alkyl halides is 3. The van der Waals surface area contributed by atoms with Crippen LogP contribution in [0.25, 0.3) is 0 Å². The summed E-state index contributed by atoms with van der Waals surface area (Å²) in [7, 11) is -5.84. The van der Waals surface area contributed by atoms with Gasteiger partial charge >= 0.3 is 180 Å². The average molecular weight is 554 g/mol. The van der Waals surface area contributed by atoms with Gasteiger partial charge in [0.15, 0.2) is 0 Å². The summed E-state index contributed by atoms with van der Waals surface area (Å²) in [4.78, 5) is 13.0. The van der Waals surface area contributed by atoms with Crippen LogP contribution < -0.4 is 0 Å². The van der Waals surface area contributed by atoms with E-state index in [1.165, 1.54) is 30.5 Å². The van der Waals surface area contributed by atoms with E-state index in [1.54, 1.807) is 25.1 Å². The molecule has 3 rings (SSSR count). The minimum atomic E-state index is -5.84. The number of hydrogen-bond donors (Lipinski definition) is 0. The van der Waals surface area contributed by atoms with Gasteiger partial charge in [0, 0.05) is 0 Å². The third-order valence-electron chi connectivity index (χ3n) is 4.51. The fraction of sp³-hybridized carbons (Fsp3) is 0.250. The van der Waals surface area contributed by atoms with E-state index in [9.17, 15) is 26.4 Å². The first-order valence-electron chi connectivity index (χ1n) is 8.73. The van der Waals surface area contributed by atoms with Crippen molar-refractivity contribution in [3.05, 3.63) is 78.4 Å². The van der Waals surface area contributed by atoms with Crippen LogP contribution in [0.1, 0.15) is 37.2 Å². The van der Waals surface area contributed by atoms with Crippen LogP contribution in [-0.4, -0.2) is 19.7 Å². The van der Waals surface area contributed by atoms with Gasteiger partial charge in [-0.15, -0.1) is 0 Å². The summed E-state index contributed by atoms with van der Waals surface area (Å²) in [6.07, 6.45) is 1.68. The molecular weight excluding hydrogens is 536 g/mol. The van der Waals surface area contributed by atoms with Gasteiger partial charge in [-0.3, -0.25) is 0 Å². The van der Waals surface area contributed by atoms with Crippen molar-refractivity contribution in [1.82, 2.24) is 0 Å². The maximum atomic E-state index is 13.1. The van der Waals surface area contributed by atoms with Crippen molar-refractivity contribution in [2.75, 3.05) is 0 Å². The van der Waals surface area contributed by atoms with Gasteiger partial charge in [-0.05, 0) is 0 Å². The maximum absolute atomic E-state index is 13.1. The molecular formula is C20H18F3IO5S. The Morgan fingerprint density at radius 2 is 1.67 bits per heavy atom. The predicted molar refractivity (Wildman–Crippen MR) is 113 cm³/mol. The topological polar surface area (TPSA) is 73.6 Å². The molecule has 0 radical (unpaired) electrons. The summed E-state index contributed by atoms with van der Waals surface area (Å²) < 4.78 is 73.8. The van der Waals surface area contributed by atoms with E-state index >= 15 is 0 Å². The second-order valence-corrected chi connectivity index (χ2v) is 13.2. The summed E-state index contributed by atoms with van der Waals surface area (Å²) >= 11 is -3.64. The standard InChI is InChI=1S/C20H18F3IO5S/c1-13-11-16(19(25)18-9-6-10-28-18)17(12-14(13)2)24(15-7-4-3-5-8-15)29-30(26,27)20(21,22)23/h3-10H,11-12H2,1-2H3. The van der Waals surface area contributed by atoms with Crippen LogP contribution in [0, 0.1) is 3.57 Å². The Kier molecular flexibility index (Phi) is 6.58. The zero-order chi connectivity index (χ0) is 22.1. The molecule has 0 fully saturated rings. The van der Waals surface area contributed by atoms with Gasteiger partial charge in [0.25, 0.3) is 0 Å². The Balaban J connectivity index is 2.17. The van der Waals surface area contributed by atoms with E-state index in [1.807, 2.05) is 6.92 Å². The minimum absolute atomic E-state index is 0.0393. The molecule has 5 nitrogen and oxygen atoms in total. The van der Waals surface area contributed by atoms with E-state index in [0.717, 1.165) is 11.1 Å². The first-order valence-corrected chi connectivity index (χ1v) is 13.2. The first kappa shape index (κ1) is 22.8. The van der Waals surface area contributed by atoms with E-state index in [4.69, 9.17) is 6.93 Å². The zero-order valence-electron chi connectivity index (χ0n) is 16.0. The van der Waals surface area contributed by atoms with Gasteiger partial charge in [-0.2, -0.15) is 0 Å².